The van der Waals surface area contributed by atoms with Crippen LogP contribution >= 0.6 is 34.5 Å². The lowest BCUT2D eigenvalue weighted by molar-refractivity contribution is 0.103. The zero-order valence-corrected chi connectivity index (χ0v) is 16.0. The summed E-state index contributed by atoms with van der Waals surface area (Å²) in [6.45, 7) is 0. The number of hydrogen-bond donors (Lipinski definition) is 1. The Kier molecular flexibility index (Phi) is 4.44. The van der Waals surface area contributed by atoms with Gasteiger partial charge in [-0.25, -0.2) is 4.98 Å². The van der Waals surface area contributed by atoms with Gasteiger partial charge in [-0.3, -0.25) is 4.79 Å². The van der Waals surface area contributed by atoms with Crippen molar-refractivity contribution in [1.29, 1.82) is 0 Å². The summed E-state index contributed by atoms with van der Waals surface area (Å²) in [5.41, 5.74) is 2.38. The number of aromatic nitrogens is 2. The summed E-state index contributed by atoms with van der Waals surface area (Å²) in [6, 6.07) is 16.7. The number of hydrogen-bond acceptors (Lipinski definition) is 3. The summed E-state index contributed by atoms with van der Waals surface area (Å²) in [4.78, 5) is 18.7. The predicted octanol–water partition coefficient (Wildman–Crippen LogP) is 5.86. The zero-order valence-electron chi connectivity index (χ0n) is 13.7. The first-order valence-corrected chi connectivity index (χ1v) is 9.39. The number of thiophene rings is 1. The van der Waals surface area contributed by atoms with Crippen molar-refractivity contribution in [3.05, 3.63) is 69.5 Å². The number of anilines is 1. The maximum absolute atomic E-state index is 12.6. The summed E-state index contributed by atoms with van der Waals surface area (Å²) in [5, 5.41) is 3.58. The third-order valence-electron chi connectivity index (χ3n) is 4.04. The molecule has 0 aliphatic heterocycles. The van der Waals surface area contributed by atoms with Crippen molar-refractivity contribution in [1.82, 2.24) is 9.55 Å². The van der Waals surface area contributed by atoms with Gasteiger partial charge in [0, 0.05) is 7.05 Å². The van der Waals surface area contributed by atoms with E-state index < -0.39 is 0 Å². The highest BCUT2D eigenvalue weighted by Gasteiger charge is 2.16. The molecular formula is C19H13Cl2N3OS. The minimum Gasteiger partial charge on any atom is -0.326 e. The number of aryl methyl sites for hydroxylation is 1. The highest BCUT2D eigenvalue weighted by molar-refractivity contribution is 7.17. The molecule has 4 rings (SSSR count). The number of carbonyl (C=O) groups excluding carboxylic acids is 1. The smallest absolute Gasteiger partial charge is 0.265 e. The number of fused-ring (bicyclic) bond motifs is 1. The maximum atomic E-state index is 12.6. The number of para-hydroxylation sites is 3. The monoisotopic (exact) mass is 401 g/mol. The van der Waals surface area contributed by atoms with Crippen molar-refractivity contribution >= 4 is 57.2 Å². The molecule has 0 fully saturated rings. The second-order valence-electron chi connectivity index (χ2n) is 5.70. The van der Waals surface area contributed by atoms with E-state index in [1.807, 2.05) is 41.9 Å². The fraction of sp³-hybridized carbons (Fsp3) is 0.0526. The number of carbonyl (C=O) groups is 1. The van der Waals surface area contributed by atoms with Gasteiger partial charge in [-0.2, -0.15) is 0 Å². The Bertz CT molecular complexity index is 1110. The van der Waals surface area contributed by atoms with Crippen LogP contribution in [-0.2, 0) is 7.05 Å². The summed E-state index contributed by atoms with van der Waals surface area (Å²) in [7, 11) is 1.97. The van der Waals surface area contributed by atoms with Crippen LogP contribution in [0.25, 0.3) is 21.7 Å². The molecule has 1 N–H and O–H groups in total. The van der Waals surface area contributed by atoms with Gasteiger partial charge in [0.15, 0.2) is 5.82 Å². The van der Waals surface area contributed by atoms with E-state index in [9.17, 15) is 4.79 Å². The lowest BCUT2D eigenvalue weighted by atomic mass is 10.3. The highest BCUT2D eigenvalue weighted by atomic mass is 35.5. The minimum absolute atomic E-state index is 0.255. The third-order valence-corrected chi connectivity index (χ3v) is 5.75. The first-order valence-electron chi connectivity index (χ1n) is 7.81. The molecule has 0 atom stereocenters. The molecule has 0 saturated heterocycles. The molecular weight excluding hydrogens is 389 g/mol. The Morgan fingerprint density at radius 1 is 1.04 bits per heavy atom. The molecule has 4 aromatic rings. The van der Waals surface area contributed by atoms with Crippen LogP contribution in [0.3, 0.4) is 0 Å². The first kappa shape index (κ1) is 17.1. The van der Waals surface area contributed by atoms with Crippen LogP contribution in [-0.4, -0.2) is 15.5 Å². The summed E-state index contributed by atoms with van der Waals surface area (Å²) in [6.07, 6.45) is 0. The number of rotatable bonds is 3. The average molecular weight is 402 g/mol. The van der Waals surface area contributed by atoms with Crippen LogP contribution in [0.2, 0.25) is 10.0 Å². The second kappa shape index (κ2) is 6.76. The van der Waals surface area contributed by atoms with Crippen LogP contribution in [0.1, 0.15) is 9.67 Å². The van der Waals surface area contributed by atoms with Gasteiger partial charge in [0.1, 0.15) is 0 Å². The number of imidazole rings is 1. The van der Waals surface area contributed by atoms with Gasteiger partial charge in [-0.05, 0) is 36.4 Å². The van der Waals surface area contributed by atoms with E-state index in [1.54, 1.807) is 24.3 Å². The molecule has 2 heterocycles. The van der Waals surface area contributed by atoms with Gasteiger partial charge >= 0.3 is 0 Å². The van der Waals surface area contributed by atoms with Crippen molar-refractivity contribution < 1.29 is 4.79 Å². The quantitative estimate of drug-likeness (QED) is 0.467. The van der Waals surface area contributed by atoms with E-state index in [0.717, 1.165) is 21.7 Å². The largest absolute Gasteiger partial charge is 0.326 e. The van der Waals surface area contributed by atoms with E-state index in [2.05, 4.69) is 10.3 Å². The number of nitrogens with one attached hydrogen (secondary N) is 1. The van der Waals surface area contributed by atoms with E-state index in [0.29, 0.717) is 20.6 Å². The van der Waals surface area contributed by atoms with Crippen molar-refractivity contribution in [2.24, 2.45) is 7.05 Å². The zero-order chi connectivity index (χ0) is 18.3. The summed E-state index contributed by atoms with van der Waals surface area (Å²) in [5.74, 6) is 0.570. The minimum atomic E-state index is -0.255. The number of halogens is 2. The van der Waals surface area contributed by atoms with Crippen molar-refractivity contribution in [3.63, 3.8) is 0 Å². The molecule has 4 nitrogen and oxygen atoms in total. The Morgan fingerprint density at radius 2 is 1.77 bits per heavy atom. The Labute approximate surface area is 164 Å². The van der Waals surface area contributed by atoms with Gasteiger partial charge in [0.25, 0.3) is 5.91 Å². The van der Waals surface area contributed by atoms with Gasteiger partial charge in [0.05, 0.1) is 36.5 Å². The first-order chi connectivity index (χ1) is 12.5. The molecule has 7 heteroatoms. The van der Waals surface area contributed by atoms with Gasteiger partial charge in [-0.15, -0.1) is 11.3 Å². The van der Waals surface area contributed by atoms with E-state index in [-0.39, 0.29) is 5.91 Å². The van der Waals surface area contributed by atoms with E-state index >= 15 is 0 Å². The summed E-state index contributed by atoms with van der Waals surface area (Å²) >= 11 is 13.6. The van der Waals surface area contributed by atoms with Crippen LogP contribution < -0.4 is 5.32 Å². The fourth-order valence-corrected chi connectivity index (χ4v) is 4.16. The van der Waals surface area contributed by atoms with Crippen LogP contribution in [0.5, 0.6) is 0 Å². The molecule has 0 spiro atoms. The molecule has 0 unspecified atom stereocenters. The van der Waals surface area contributed by atoms with Crippen molar-refractivity contribution in [2.75, 3.05) is 5.32 Å². The SMILES string of the molecule is Cn1c(-c2ccc(C(=O)Nc3c(Cl)cccc3Cl)s2)nc2ccccc21. The fourth-order valence-electron chi connectivity index (χ4n) is 2.74. The molecule has 1 amide bonds. The van der Waals surface area contributed by atoms with Crippen molar-refractivity contribution in [2.45, 2.75) is 0 Å². The van der Waals surface area contributed by atoms with Crippen LogP contribution in [0.15, 0.2) is 54.6 Å². The molecule has 0 saturated carbocycles. The maximum Gasteiger partial charge on any atom is 0.265 e. The average Bonchev–Trinajstić information content (AvgIpc) is 3.24. The molecule has 26 heavy (non-hydrogen) atoms. The van der Waals surface area contributed by atoms with Crippen molar-refractivity contribution in [3.8, 4) is 10.7 Å². The number of nitrogens with zero attached hydrogens (tertiary/aromatic N) is 2. The molecule has 0 aliphatic rings. The Balaban J connectivity index is 1.65. The Hall–Kier alpha value is -2.34. The number of amides is 1. The van der Waals surface area contributed by atoms with Gasteiger partial charge in [0.2, 0.25) is 0 Å². The molecule has 2 aromatic heterocycles. The topological polar surface area (TPSA) is 46.9 Å². The third kappa shape index (κ3) is 2.98. The van der Waals surface area contributed by atoms with Gasteiger partial charge < -0.3 is 9.88 Å². The normalized spacial score (nSPS) is 11.0. The number of benzene rings is 2. The summed E-state index contributed by atoms with van der Waals surface area (Å²) < 4.78 is 2.02. The second-order valence-corrected chi connectivity index (χ2v) is 7.60. The van der Waals surface area contributed by atoms with Gasteiger partial charge in [-0.1, -0.05) is 41.4 Å². The molecule has 0 bridgehead atoms. The molecule has 130 valence electrons. The van der Waals surface area contributed by atoms with E-state index in [1.165, 1.54) is 11.3 Å². The van der Waals surface area contributed by atoms with Crippen LogP contribution in [0.4, 0.5) is 5.69 Å². The lowest BCUT2D eigenvalue weighted by Crippen LogP contribution is -2.10. The highest BCUT2D eigenvalue weighted by Crippen LogP contribution is 2.33. The molecule has 0 radical (unpaired) electrons. The van der Waals surface area contributed by atoms with Crippen LogP contribution in [0, 0.1) is 0 Å². The lowest BCUT2D eigenvalue weighted by Gasteiger charge is -2.07. The Morgan fingerprint density at radius 3 is 2.50 bits per heavy atom. The standard InChI is InChI=1S/C19H13Cl2N3OS/c1-24-14-8-3-2-7-13(14)22-18(24)15-9-10-16(26-15)19(25)23-17-11(20)5-4-6-12(17)21/h2-10H,1H3,(H,23,25). The molecule has 0 aliphatic carbocycles. The molecule has 2 aromatic carbocycles. The predicted molar refractivity (Wildman–Crippen MR) is 108 cm³/mol. The van der Waals surface area contributed by atoms with E-state index in [4.69, 9.17) is 23.2 Å².